The summed E-state index contributed by atoms with van der Waals surface area (Å²) < 4.78 is 67.9. The standard InChI is InChI=1S/C18H19F3N4O4S/c19-18(20,21)12-9-15(16(23-11-12)25-5-2-7-29-8-6-25)17(26)24-13-3-1-4-14(10-13)30(22,27)28/h1,3-4,9-11H,2,5-8H2,(H,24,26)(H2,22,27,28). The van der Waals surface area contributed by atoms with Gasteiger partial charge in [-0.25, -0.2) is 18.5 Å². The summed E-state index contributed by atoms with van der Waals surface area (Å²) in [7, 11) is -4.02. The van der Waals surface area contributed by atoms with Crippen LogP contribution in [-0.4, -0.2) is 45.6 Å². The molecule has 0 atom stereocenters. The molecule has 0 spiro atoms. The van der Waals surface area contributed by atoms with Crippen molar-refractivity contribution in [3.8, 4) is 0 Å². The molecule has 162 valence electrons. The van der Waals surface area contributed by atoms with Crippen LogP contribution >= 0.6 is 0 Å². The summed E-state index contributed by atoms with van der Waals surface area (Å²) >= 11 is 0. The van der Waals surface area contributed by atoms with Crippen LogP contribution in [0.1, 0.15) is 22.3 Å². The lowest BCUT2D eigenvalue weighted by Crippen LogP contribution is -2.30. The third-order valence-electron chi connectivity index (χ3n) is 4.38. The molecule has 1 aromatic carbocycles. The molecular formula is C18H19F3N4O4S. The van der Waals surface area contributed by atoms with E-state index in [1.807, 2.05) is 0 Å². The van der Waals surface area contributed by atoms with E-state index in [9.17, 15) is 26.4 Å². The van der Waals surface area contributed by atoms with E-state index in [4.69, 9.17) is 9.88 Å². The number of rotatable bonds is 4. The topological polar surface area (TPSA) is 115 Å². The summed E-state index contributed by atoms with van der Waals surface area (Å²) in [5.41, 5.74) is -1.29. The molecule has 0 radical (unpaired) electrons. The third kappa shape index (κ3) is 5.26. The lowest BCUT2D eigenvalue weighted by Gasteiger charge is -2.24. The normalized spacial score (nSPS) is 15.5. The minimum Gasteiger partial charge on any atom is -0.380 e. The number of carbonyl (C=O) groups excluding carboxylic acids is 1. The fourth-order valence-electron chi connectivity index (χ4n) is 2.94. The highest BCUT2D eigenvalue weighted by Crippen LogP contribution is 2.32. The van der Waals surface area contributed by atoms with E-state index in [1.165, 1.54) is 18.2 Å². The molecule has 1 aliphatic heterocycles. The number of hydrogen-bond acceptors (Lipinski definition) is 6. The first kappa shape index (κ1) is 22.0. The van der Waals surface area contributed by atoms with Crippen molar-refractivity contribution in [3.63, 3.8) is 0 Å². The molecule has 30 heavy (non-hydrogen) atoms. The Hall–Kier alpha value is -2.70. The van der Waals surface area contributed by atoms with Crippen molar-refractivity contribution in [2.45, 2.75) is 17.5 Å². The molecule has 1 fully saturated rings. The van der Waals surface area contributed by atoms with E-state index in [0.717, 1.165) is 12.1 Å². The van der Waals surface area contributed by atoms with Gasteiger partial charge in [0, 0.05) is 31.6 Å². The number of carbonyl (C=O) groups is 1. The van der Waals surface area contributed by atoms with Gasteiger partial charge in [0.2, 0.25) is 10.0 Å². The molecule has 3 rings (SSSR count). The van der Waals surface area contributed by atoms with Crippen molar-refractivity contribution in [3.05, 3.63) is 47.7 Å². The molecule has 0 unspecified atom stereocenters. The first-order chi connectivity index (χ1) is 14.1. The van der Waals surface area contributed by atoms with Gasteiger partial charge >= 0.3 is 6.18 Å². The third-order valence-corrected chi connectivity index (χ3v) is 5.29. The minimum atomic E-state index is -4.68. The Morgan fingerprint density at radius 1 is 1.20 bits per heavy atom. The summed E-state index contributed by atoms with van der Waals surface area (Å²) in [6.07, 6.45) is -3.38. The maximum atomic E-state index is 13.2. The van der Waals surface area contributed by atoms with Gasteiger partial charge in [0.1, 0.15) is 5.82 Å². The molecular weight excluding hydrogens is 425 g/mol. The highest BCUT2D eigenvalue weighted by molar-refractivity contribution is 7.89. The largest absolute Gasteiger partial charge is 0.417 e. The second-order valence-corrected chi connectivity index (χ2v) is 8.13. The van der Waals surface area contributed by atoms with Crippen molar-refractivity contribution in [1.82, 2.24) is 4.98 Å². The fraction of sp³-hybridized carbons (Fsp3) is 0.333. The number of aromatic nitrogens is 1. The smallest absolute Gasteiger partial charge is 0.380 e. The quantitative estimate of drug-likeness (QED) is 0.748. The summed E-state index contributed by atoms with van der Waals surface area (Å²) in [4.78, 5) is 18.2. The lowest BCUT2D eigenvalue weighted by atomic mass is 10.1. The van der Waals surface area contributed by atoms with Gasteiger partial charge in [-0.05, 0) is 30.7 Å². The van der Waals surface area contributed by atoms with Gasteiger partial charge in [-0.2, -0.15) is 13.2 Å². The zero-order valence-corrected chi connectivity index (χ0v) is 16.5. The second kappa shape index (κ2) is 8.58. The first-order valence-corrected chi connectivity index (χ1v) is 10.4. The number of nitrogens with one attached hydrogen (secondary N) is 1. The Morgan fingerprint density at radius 2 is 1.97 bits per heavy atom. The summed E-state index contributed by atoms with van der Waals surface area (Å²) in [5, 5.41) is 7.50. The number of amides is 1. The van der Waals surface area contributed by atoms with E-state index in [0.29, 0.717) is 38.9 Å². The minimum absolute atomic E-state index is 0.0640. The Morgan fingerprint density at radius 3 is 2.67 bits per heavy atom. The van der Waals surface area contributed by atoms with Gasteiger partial charge in [-0.15, -0.1) is 0 Å². The number of primary sulfonamides is 1. The van der Waals surface area contributed by atoms with Crippen LogP contribution in [0.15, 0.2) is 41.4 Å². The summed E-state index contributed by atoms with van der Waals surface area (Å²) in [6.45, 7) is 1.66. The van der Waals surface area contributed by atoms with Gasteiger partial charge in [-0.3, -0.25) is 4.79 Å². The summed E-state index contributed by atoms with van der Waals surface area (Å²) in [5.74, 6) is -0.770. The summed E-state index contributed by atoms with van der Waals surface area (Å²) in [6, 6.07) is 5.83. The maximum Gasteiger partial charge on any atom is 0.417 e. The van der Waals surface area contributed by atoms with E-state index in [-0.39, 0.29) is 22.0 Å². The predicted octanol–water partition coefficient (Wildman–Crippen LogP) is 2.23. The van der Waals surface area contributed by atoms with Crippen molar-refractivity contribution in [1.29, 1.82) is 0 Å². The SMILES string of the molecule is NS(=O)(=O)c1cccc(NC(=O)c2cc(C(F)(F)F)cnc2N2CCCOCC2)c1. The van der Waals surface area contributed by atoms with Crippen molar-refractivity contribution >= 4 is 27.4 Å². The van der Waals surface area contributed by atoms with Crippen LogP contribution in [0.25, 0.3) is 0 Å². The van der Waals surface area contributed by atoms with E-state index < -0.39 is 27.7 Å². The average molecular weight is 444 g/mol. The Kier molecular flexibility index (Phi) is 6.29. The van der Waals surface area contributed by atoms with Gasteiger partial charge in [0.25, 0.3) is 5.91 Å². The Bertz CT molecular complexity index is 1040. The zero-order valence-electron chi connectivity index (χ0n) is 15.6. The number of alkyl halides is 3. The molecule has 1 aliphatic rings. The van der Waals surface area contributed by atoms with Crippen LogP contribution in [0.2, 0.25) is 0 Å². The van der Waals surface area contributed by atoms with Crippen LogP contribution < -0.4 is 15.4 Å². The second-order valence-electron chi connectivity index (χ2n) is 6.57. The number of anilines is 2. The van der Waals surface area contributed by atoms with Crippen molar-refractivity contribution in [2.24, 2.45) is 5.14 Å². The van der Waals surface area contributed by atoms with Crippen LogP contribution in [0.3, 0.4) is 0 Å². The molecule has 1 aromatic heterocycles. The zero-order chi connectivity index (χ0) is 21.9. The fourth-order valence-corrected chi connectivity index (χ4v) is 3.50. The van der Waals surface area contributed by atoms with Gasteiger partial charge in [0.05, 0.1) is 22.6 Å². The Balaban J connectivity index is 1.98. The maximum absolute atomic E-state index is 13.2. The Labute approximate surface area is 170 Å². The highest BCUT2D eigenvalue weighted by atomic mass is 32.2. The molecule has 8 nitrogen and oxygen atoms in total. The number of nitrogens with zero attached hydrogens (tertiary/aromatic N) is 2. The van der Waals surface area contributed by atoms with Gasteiger partial charge < -0.3 is 15.0 Å². The molecule has 3 N–H and O–H groups in total. The van der Waals surface area contributed by atoms with E-state index in [2.05, 4.69) is 10.3 Å². The number of halogens is 3. The number of ether oxygens (including phenoxy) is 1. The van der Waals surface area contributed by atoms with Crippen LogP contribution in [0.5, 0.6) is 0 Å². The van der Waals surface area contributed by atoms with Crippen LogP contribution in [0, 0.1) is 0 Å². The molecule has 2 aromatic rings. The highest BCUT2D eigenvalue weighted by Gasteiger charge is 2.33. The number of nitrogens with two attached hydrogens (primary N) is 1. The molecule has 12 heteroatoms. The van der Waals surface area contributed by atoms with Crippen molar-refractivity contribution in [2.75, 3.05) is 36.5 Å². The molecule has 1 amide bonds. The number of pyridine rings is 1. The monoisotopic (exact) mass is 444 g/mol. The average Bonchev–Trinajstić information content (AvgIpc) is 2.96. The molecule has 2 heterocycles. The lowest BCUT2D eigenvalue weighted by molar-refractivity contribution is -0.137. The number of sulfonamides is 1. The van der Waals surface area contributed by atoms with E-state index >= 15 is 0 Å². The van der Waals surface area contributed by atoms with Gasteiger partial charge in [0.15, 0.2) is 0 Å². The van der Waals surface area contributed by atoms with Crippen molar-refractivity contribution < 1.29 is 31.1 Å². The van der Waals surface area contributed by atoms with Crippen LogP contribution in [-0.2, 0) is 20.9 Å². The van der Waals surface area contributed by atoms with Gasteiger partial charge in [-0.1, -0.05) is 6.07 Å². The number of hydrogen-bond donors (Lipinski definition) is 2. The number of benzene rings is 1. The van der Waals surface area contributed by atoms with E-state index in [1.54, 1.807) is 4.90 Å². The molecule has 0 saturated carbocycles. The molecule has 1 saturated heterocycles. The molecule has 0 bridgehead atoms. The first-order valence-electron chi connectivity index (χ1n) is 8.90. The predicted molar refractivity (Wildman–Crippen MR) is 103 cm³/mol. The van der Waals surface area contributed by atoms with Crippen LogP contribution in [0.4, 0.5) is 24.7 Å². The molecule has 0 aliphatic carbocycles.